The summed E-state index contributed by atoms with van der Waals surface area (Å²) in [6.07, 6.45) is 3.55. The van der Waals surface area contributed by atoms with Gasteiger partial charge in [-0.3, -0.25) is 4.68 Å². The Morgan fingerprint density at radius 1 is 1.40 bits per heavy atom. The molecule has 1 aromatic heterocycles. The highest BCUT2D eigenvalue weighted by molar-refractivity contribution is 5.84. The van der Waals surface area contributed by atoms with Gasteiger partial charge in [0.05, 0.1) is 23.3 Å². The third-order valence-electron chi connectivity index (χ3n) is 3.71. The molecule has 20 heavy (non-hydrogen) atoms. The summed E-state index contributed by atoms with van der Waals surface area (Å²) in [5.41, 5.74) is 2.78. The predicted octanol–water partition coefficient (Wildman–Crippen LogP) is 2.72. The van der Waals surface area contributed by atoms with Crippen LogP contribution in [0.15, 0.2) is 18.3 Å². The maximum Gasteiger partial charge on any atom is 0.163 e. The van der Waals surface area contributed by atoms with E-state index in [-0.39, 0.29) is 12.6 Å². The maximum atomic E-state index is 9.04. The molecule has 0 spiro atoms. The van der Waals surface area contributed by atoms with Crippen LogP contribution in [0.1, 0.15) is 30.9 Å². The number of nitrogens with zero attached hydrogens (tertiary/aromatic N) is 3. The summed E-state index contributed by atoms with van der Waals surface area (Å²) < 4.78 is 12.8. The molecule has 1 aliphatic rings. The minimum Gasteiger partial charge on any atom is -0.324 e. The van der Waals surface area contributed by atoms with Crippen molar-refractivity contribution in [2.45, 2.75) is 45.8 Å². The van der Waals surface area contributed by atoms with Crippen molar-refractivity contribution < 1.29 is 9.47 Å². The van der Waals surface area contributed by atoms with Crippen LogP contribution >= 0.6 is 0 Å². The zero-order valence-corrected chi connectivity index (χ0v) is 11.7. The molecule has 3 rings (SSSR count). The van der Waals surface area contributed by atoms with Crippen molar-refractivity contribution in [3.63, 3.8) is 0 Å². The van der Waals surface area contributed by atoms with Crippen LogP contribution in [-0.4, -0.2) is 22.4 Å². The SMILES string of the molecule is Cc1c(C#N)ccc2c1cnn2CCCC1OC(C)O1. The molecule has 2 heterocycles. The van der Waals surface area contributed by atoms with Gasteiger partial charge in [-0.15, -0.1) is 0 Å². The molecule has 1 fully saturated rings. The Bertz CT molecular complexity index is 666. The van der Waals surface area contributed by atoms with E-state index in [4.69, 9.17) is 14.7 Å². The molecular formula is C15H17N3O2. The lowest BCUT2D eigenvalue weighted by Crippen LogP contribution is -2.38. The van der Waals surface area contributed by atoms with Gasteiger partial charge in [0.1, 0.15) is 0 Å². The second-order valence-corrected chi connectivity index (χ2v) is 5.06. The van der Waals surface area contributed by atoms with E-state index in [1.807, 2.05) is 36.9 Å². The van der Waals surface area contributed by atoms with Crippen molar-refractivity contribution in [3.05, 3.63) is 29.5 Å². The Labute approximate surface area is 117 Å². The van der Waals surface area contributed by atoms with E-state index in [0.29, 0.717) is 5.56 Å². The first kappa shape index (κ1) is 13.1. The Balaban J connectivity index is 1.70. The van der Waals surface area contributed by atoms with Crippen LogP contribution in [0.2, 0.25) is 0 Å². The molecule has 1 saturated heterocycles. The summed E-state index contributed by atoms with van der Waals surface area (Å²) in [4.78, 5) is 0. The van der Waals surface area contributed by atoms with E-state index in [9.17, 15) is 0 Å². The number of fused-ring (bicyclic) bond motifs is 1. The minimum atomic E-state index is -0.0578. The van der Waals surface area contributed by atoms with Gasteiger partial charge in [0.2, 0.25) is 0 Å². The van der Waals surface area contributed by atoms with Crippen LogP contribution in [0.4, 0.5) is 0 Å². The fourth-order valence-electron chi connectivity index (χ4n) is 2.57. The first-order chi connectivity index (χ1) is 9.69. The summed E-state index contributed by atoms with van der Waals surface area (Å²) in [5, 5.41) is 14.5. The van der Waals surface area contributed by atoms with Crippen molar-refractivity contribution in [1.29, 1.82) is 5.26 Å². The highest BCUT2D eigenvalue weighted by Crippen LogP contribution is 2.23. The number of aromatic nitrogens is 2. The third kappa shape index (κ3) is 2.28. The number of ether oxygens (including phenoxy) is 2. The monoisotopic (exact) mass is 271 g/mol. The molecule has 0 atom stereocenters. The highest BCUT2D eigenvalue weighted by atomic mass is 16.9. The second-order valence-electron chi connectivity index (χ2n) is 5.06. The zero-order chi connectivity index (χ0) is 14.1. The van der Waals surface area contributed by atoms with Crippen LogP contribution in [0.25, 0.3) is 10.9 Å². The van der Waals surface area contributed by atoms with Gasteiger partial charge in [0.25, 0.3) is 0 Å². The molecule has 104 valence electrons. The fraction of sp³-hybridized carbons (Fsp3) is 0.467. The summed E-state index contributed by atoms with van der Waals surface area (Å²) >= 11 is 0. The molecule has 0 bridgehead atoms. The Kier molecular flexibility index (Phi) is 3.43. The highest BCUT2D eigenvalue weighted by Gasteiger charge is 2.25. The number of aryl methyl sites for hydroxylation is 2. The average Bonchev–Trinajstić information content (AvgIpc) is 2.81. The number of benzene rings is 1. The number of hydrogen-bond acceptors (Lipinski definition) is 4. The molecular weight excluding hydrogens is 254 g/mol. The molecule has 2 aromatic rings. The largest absolute Gasteiger partial charge is 0.324 e. The van der Waals surface area contributed by atoms with Gasteiger partial charge in [-0.25, -0.2) is 0 Å². The van der Waals surface area contributed by atoms with Crippen LogP contribution in [0, 0.1) is 18.3 Å². The van der Waals surface area contributed by atoms with Crippen LogP contribution in [0.5, 0.6) is 0 Å². The van der Waals surface area contributed by atoms with Crippen LogP contribution < -0.4 is 0 Å². The van der Waals surface area contributed by atoms with Crippen molar-refractivity contribution in [2.24, 2.45) is 0 Å². The molecule has 5 nitrogen and oxygen atoms in total. The van der Waals surface area contributed by atoms with E-state index < -0.39 is 0 Å². The quantitative estimate of drug-likeness (QED) is 0.857. The van der Waals surface area contributed by atoms with E-state index in [0.717, 1.165) is 35.9 Å². The molecule has 1 aliphatic heterocycles. The molecule has 0 radical (unpaired) electrons. The minimum absolute atomic E-state index is 0.0567. The lowest BCUT2D eigenvalue weighted by molar-refractivity contribution is -0.377. The summed E-state index contributed by atoms with van der Waals surface area (Å²) in [6, 6.07) is 6.03. The lowest BCUT2D eigenvalue weighted by atomic mass is 10.1. The summed E-state index contributed by atoms with van der Waals surface area (Å²) in [7, 11) is 0. The first-order valence-corrected chi connectivity index (χ1v) is 6.85. The fourth-order valence-corrected chi connectivity index (χ4v) is 2.57. The van der Waals surface area contributed by atoms with Gasteiger partial charge in [-0.05, 0) is 38.0 Å². The molecule has 0 amide bonds. The molecule has 1 aromatic carbocycles. The third-order valence-corrected chi connectivity index (χ3v) is 3.71. The first-order valence-electron chi connectivity index (χ1n) is 6.85. The van der Waals surface area contributed by atoms with E-state index >= 15 is 0 Å². The molecule has 5 heteroatoms. The van der Waals surface area contributed by atoms with Crippen molar-refractivity contribution in [2.75, 3.05) is 0 Å². The summed E-state index contributed by atoms with van der Waals surface area (Å²) in [6.45, 7) is 4.68. The smallest absolute Gasteiger partial charge is 0.163 e. The number of nitriles is 1. The number of rotatable bonds is 4. The molecule has 0 N–H and O–H groups in total. The molecule has 0 aliphatic carbocycles. The molecule has 0 saturated carbocycles. The Hall–Kier alpha value is -1.90. The predicted molar refractivity (Wildman–Crippen MR) is 73.8 cm³/mol. The Morgan fingerprint density at radius 2 is 2.20 bits per heavy atom. The normalized spacial score (nSPS) is 21.6. The average molecular weight is 271 g/mol. The van der Waals surface area contributed by atoms with E-state index in [2.05, 4.69) is 11.2 Å². The van der Waals surface area contributed by atoms with Gasteiger partial charge in [0, 0.05) is 18.4 Å². The number of hydrogen-bond donors (Lipinski definition) is 0. The summed E-state index contributed by atoms with van der Waals surface area (Å²) in [5.74, 6) is 0. The van der Waals surface area contributed by atoms with Crippen LogP contribution in [0.3, 0.4) is 0 Å². The standard InChI is InChI=1S/C15H17N3O2/c1-10-12(8-16)5-6-14-13(10)9-17-18(14)7-3-4-15-19-11(2)20-15/h5-6,9,11,15H,3-4,7H2,1-2H3. The van der Waals surface area contributed by atoms with Gasteiger partial charge in [-0.2, -0.15) is 10.4 Å². The topological polar surface area (TPSA) is 60.1 Å². The Morgan fingerprint density at radius 3 is 2.90 bits per heavy atom. The second kappa shape index (κ2) is 5.23. The van der Waals surface area contributed by atoms with Gasteiger partial charge in [0.15, 0.2) is 12.6 Å². The maximum absolute atomic E-state index is 9.04. The zero-order valence-electron chi connectivity index (χ0n) is 11.7. The van der Waals surface area contributed by atoms with Gasteiger partial charge >= 0.3 is 0 Å². The van der Waals surface area contributed by atoms with Crippen molar-refractivity contribution in [3.8, 4) is 6.07 Å². The van der Waals surface area contributed by atoms with Gasteiger partial charge < -0.3 is 9.47 Å². The van der Waals surface area contributed by atoms with Crippen molar-refractivity contribution in [1.82, 2.24) is 9.78 Å². The van der Waals surface area contributed by atoms with Gasteiger partial charge in [-0.1, -0.05) is 0 Å². The van der Waals surface area contributed by atoms with E-state index in [1.54, 1.807) is 0 Å². The van der Waals surface area contributed by atoms with Crippen LogP contribution in [-0.2, 0) is 16.0 Å². The van der Waals surface area contributed by atoms with Crippen molar-refractivity contribution >= 4 is 10.9 Å². The molecule has 0 unspecified atom stereocenters. The lowest BCUT2D eigenvalue weighted by Gasteiger charge is -2.33. The van der Waals surface area contributed by atoms with E-state index in [1.165, 1.54) is 0 Å².